The minimum absolute atomic E-state index is 0.238. The Hall–Kier alpha value is -1.81. The van der Waals surface area contributed by atoms with E-state index >= 15 is 0 Å². The topological polar surface area (TPSA) is 49.0 Å². The highest BCUT2D eigenvalue weighted by Crippen LogP contribution is 2.38. The third kappa shape index (κ3) is 3.17. The maximum absolute atomic E-state index is 11.6. The van der Waals surface area contributed by atoms with E-state index in [0.29, 0.717) is 0 Å². The van der Waals surface area contributed by atoms with Crippen molar-refractivity contribution in [3.63, 3.8) is 0 Å². The Balaban J connectivity index is 1.68. The van der Waals surface area contributed by atoms with Crippen LogP contribution in [0.1, 0.15) is 25.3 Å². The van der Waals surface area contributed by atoms with Crippen molar-refractivity contribution in [1.82, 2.24) is 10.2 Å². The van der Waals surface area contributed by atoms with Crippen LogP contribution < -0.4 is 10.5 Å². The van der Waals surface area contributed by atoms with Crippen LogP contribution in [0.25, 0.3) is 0 Å². The first kappa shape index (κ1) is 15.1. The number of H-pyrrole nitrogens is 1. The second-order valence-electron chi connectivity index (χ2n) is 6.37. The molecular formula is C17H20ClN3O. The largest absolute Gasteiger partial charge is 0.368 e. The lowest BCUT2D eigenvalue weighted by Crippen LogP contribution is -2.27. The third-order valence-electron chi connectivity index (χ3n) is 4.54. The van der Waals surface area contributed by atoms with Crippen molar-refractivity contribution in [2.24, 2.45) is 5.41 Å². The summed E-state index contributed by atoms with van der Waals surface area (Å²) in [5.74, 6) is 0. The highest BCUT2D eigenvalue weighted by molar-refractivity contribution is 6.33. The van der Waals surface area contributed by atoms with Crippen LogP contribution in [0.3, 0.4) is 0 Å². The quantitative estimate of drug-likeness (QED) is 0.941. The second-order valence-corrected chi connectivity index (χ2v) is 6.74. The van der Waals surface area contributed by atoms with Crippen LogP contribution in [0, 0.1) is 5.41 Å². The number of aryl methyl sites for hydroxylation is 1. The molecule has 0 saturated carbocycles. The van der Waals surface area contributed by atoms with Crippen LogP contribution >= 0.6 is 11.6 Å². The highest BCUT2D eigenvalue weighted by Gasteiger charge is 2.34. The molecule has 2 heterocycles. The summed E-state index contributed by atoms with van der Waals surface area (Å²) in [6.45, 7) is 4.13. The molecule has 0 spiro atoms. The number of anilines is 1. The molecule has 1 aromatic heterocycles. The van der Waals surface area contributed by atoms with Gasteiger partial charge in [0, 0.05) is 13.1 Å². The maximum atomic E-state index is 11.6. The SMILES string of the molecule is CC1(CCc2ccccc2)CCN(c2cn[nH]c(=O)c2Cl)C1. The highest BCUT2D eigenvalue weighted by atomic mass is 35.5. The van der Waals surface area contributed by atoms with E-state index < -0.39 is 0 Å². The molecule has 116 valence electrons. The average Bonchev–Trinajstić information content (AvgIpc) is 2.92. The van der Waals surface area contributed by atoms with Gasteiger partial charge in [0.15, 0.2) is 0 Å². The number of aromatic amines is 1. The van der Waals surface area contributed by atoms with Gasteiger partial charge in [0.2, 0.25) is 0 Å². The number of benzene rings is 1. The van der Waals surface area contributed by atoms with E-state index in [1.165, 1.54) is 5.56 Å². The van der Waals surface area contributed by atoms with E-state index in [1.807, 2.05) is 6.07 Å². The van der Waals surface area contributed by atoms with E-state index in [2.05, 4.69) is 46.3 Å². The number of nitrogens with one attached hydrogen (secondary N) is 1. The molecule has 0 amide bonds. The van der Waals surface area contributed by atoms with Gasteiger partial charge < -0.3 is 4.90 Å². The molecule has 3 rings (SSSR count). The van der Waals surface area contributed by atoms with Crippen molar-refractivity contribution >= 4 is 17.3 Å². The van der Waals surface area contributed by atoms with Crippen LogP contribution in [-0.4, -0.2) is 23.3 Å². The van der Waals surface area contributed by atoms with Crippen molar-refractivity contribution in [2.75, 3.05) is 18.0 Å². The van der Waals surface area contributed by atoms with E-state index in [1.54, 1.807) is 6.20 Å². The molecule has 1 fully saturated rings. The standard InChI is InChI=1S/C17H20ClN3O/c1-17(8-7-13-5-3-2-4-6-13)9-10-21(12-17)14-11-19-20-16(22)15(14)18/h2-6,11H,7-10,12H2,1H3,(H,20,22). The molecule has 1 saturated heterocycles. The second kappa shape index (κ2) is 6.13. The van der Waals surface area contributed by atoms with E-state index in [0.717, 1.165) is 38.0 Å². The zero-order valence-electron chi connectivity index (χ0n) is 12.7. The fourth-order valence-electron chi connectivity index (χ4n) is 3.12. The Morgan fingerprint density at radius 3 is 2.91 bits per heavy atom. The minimum atomic E-state index is -0.322. The monoisotopic (exact) mass is 317 g/mol. The summed E-state index contributed by atoms with van der Waals surface area (Å²) >= 11 is 6.11. The van der Waals surface area contributed by atoms with E-state index in [4.69, 9.17) is 11.6 Å². The number of hydrogen-bond donors (Lipinski definition) is 1. The summed E-state index contributed by atoms with van der Waals surface area (Å²) in [6, 6.07) is 10.6. The minimum Gasteiger partial charge on any atom is -0.368 e. The molecular weight excluding hydrogens is 298 g/mol. The Labute approximate surface area is 135 Å². The van der Waals surface area contributed by atoms with Crippen molar-refractivity contribution < 1.29 is 0 Å². The van der Waals surface area contributed by atoms with Gasteiger partial charge >= 0.3 is 0 Å². The molecule has 1 unspecified atom stereocenters. The molecule has 2 aromatic rings. The smallest absolute Gasteiger partial charge is 0.285 e. The van der Waals surface area contributed by atoms with Crippen molar-refractivity contribution in [1.29, 1.82) is 0 Å². The molecule has 1 aliphatic rings. The lowest BCUT2D eigenvalue weighted by molar-refractivity contribution is 0.339. The molecule has 1 aliphatic heterocycles. The normalized spacial score (nSPS) is 21.3. The van der Waals surface area contributed by atoms with Crippen molar-refractivity contribution in [3.05, 3.63) is 57.5 Å². The van der Waals surface area contributed by atoms with Gasteiger partial charge in [-0.05, 0) is 30.2 Å². The zero-order chi connectivity index (χ0) is 15.6. The summed E-state index contributed by atoms with van der Waals surface area (Å²) in [7, 11) is 0. The third-order valence-corrected chi connectivity index (χ3v) is 4.90. The molecule has 4 nitrogen and oxygen atoms in total. The first-order valence-corrected chi connectivity index (χ1v) is 7.97. The molecule has 1 aromatic carbocycles. The summed E-state index contributed by atoms with van der Waals surface area (Å²) in [6.07, 6.45) is 4.95. The zero-order valence-corrected chi connectivity index (χ0v) is 13.4. The molecule has 5 heteroatoms. The number of halogens is 1. The molecule has 0 radical (unpaired) electrons. The van der Waals surface area contributed by atoms with Crippen LogP contribution in [0.2, 0.25) is 5.02 Å². The lowest BCUT2D eigenvalue weighted by Gasteiger charge is -2.25. The molecule has 0 aliphatic carbocycles. The molecule has 22 heavy (non-hydrogen) atoms. The average molecular weight is 318 g/mol. The predicted octanol–water partition coefficient (Wildman–Crippen LogP) is 3.27. The van der Waals surface area contributed by atoms with Crippen LogP contribution in [0.4, 0.5) is 5.69 Å². The van der Waals surface area contributed by atoms with Gasteiger partial charge in [-0.15, -0.1) is 0 Å². The molecule has 1 atom stereocenters. The summed E-state index contributed by atoms with van der Waals surface area (Å²) in [5.41, 5.74) is 2.03. The predicted molar refractivity (Wildman–Crippen MR) is 89.6 cm³/mol. The first-order chi connectivity index (χ1) is 10.6. The van der Waals surface area contributed by atoms with Gasteiger partial charge in [-0.2, -0.15) is 5.10 Å². The molecule has 0 bridgehead atoms. The number of hydrogen-bond acceptors (Lipinski definition) is 3. The van der Waals surface area contributed by atoms with E-state index in [9.17, 15) is 4.79 Å². The first-order valence-electron chi connectivity index (χ1n) is 7.59. The van der Waals surface area contributed by atoms with Gasteiger partial charge in [0.25, 0.3) is 5.56 Å². The van der Waals surface area contributed by atoms with Crippen molar-refractivity contribution in [3.8, 4) is 0 Å². The van der Waals surface area contributed by atoms with Gasteiger partial charge in [-0.3, -0.25) is 4.79 Å². The van der Waals surface area contributed by atoms with Gasteiger partial charge in [0.1, 0.15) is 5.02 Å². The van der Waals surface area contributed by atoms with Crippen molar-refractivity contribution in [2.45, 2.75) is 26.2 Å². The Bertz CT molecular complexity index is 701. The summed E-state index contributed by atoms with van der Waals surface area (Å²) < 4.78 is 0. The summed E-state index contributed by atoms with van der Waals surface area (Å²) in [5, 5.41) is 6.47. The Morgan fingerprint density at radius 2 is 2.14 bits per heavy atom. The number of nitrogens with zero attached hydrogens (tertiary/aromatic N) is 2. The van der Waals surface area contributed by atoms with Crippen LogP contribution in [0.5, 0.6) is 0 Å². The Morgan fingerprint density at radius 1 is 1.36 bits per heavy atom. The lowest BCUT2D eigenvalue weighted by atomic mass is 9.83. The van der Waals surface area contributed by atoms with Gasteiger partial charge in [0.05, 0.1) is 11.9 Å². The Kier molecular flexibility index (Phi) is 4.21. The van der Waals surface area contributed by atoms with Gasteiger partial charge in [-0.1, -0.05) is 48.9 Å². The maximum Gasteiger partial charge on any atom is 0.285 e. The number of rotatable bonds is 4. The van der Waals surface area contributed by atoms with Crippen LogP contribution in [-0.2, 0) is 6.42 Å². The van der Waals surface area contributed by atoms with Gasteiger partial charge in [-0.25, -0.2) is 5.10 Å². The van der Waals surface area contributed by atoms with E-state index in [-0.39, 0.29) is 16.0 Å². The van der Waals surface area contributed by atoms with Crippen LogP contribution in [0.15, 0.2) is 41.3 Å². The summed E-state index contributed by atoms with van der Waals surface area (Å²) in [4.78, 5) is 13.8. The fourth-order valence-corrected chi connectivity index (χ4v) is 3.33. The number of aromatic nitrogens is 2. The fraction of sp³-hybridized carbons (Fsp3) is 0.412. The molecule has 1 N–H and O–H groups in total.